The Morgan fingerprint density at radius 1 is 1.06 bits per heavy atom. The molecule has 0 saturated carbocycles. The molecule has 102 valence electrons. The summed E-state index contributed by atoms with van der Waals surface area (Å²) in [6.07, 6.45) is -0.877. The Kier molecular flexibility index (Phi) is 6.39. The number of aliphatic hydroxyl groups excluding tert-OH is 2. The molecule has 2 N–H and O–H groups in total. The van der Waals surface area contributed by atoms with Crippen LogP contribution < -0.4 is 0 Å². The average Bonchev–Trinajstić information content (AvgIpc) is 2.21. The standard InChI is InChI=1S/C13H19Cl2NO2/c1-9(17)6-16(7-10(2)18)8-11-3-4-12(14)13(15)5-11/h3-5,9-10,17-18H,6-8H2,1-2H3. The first kappa shape index (κ1) is 15.7. The zero-order chi connectivity index (χ0) is 13.7. The minimum absolute atomic E-state index is 0.438. The summed E-state index contributed by atoms with van der Waals surface area (Å²) in [7, 11) is 0. The van der Waals surface area contributed by atoms with Crippen LogP contribution in [0.1, 0.15) is 19.4 Å². The summed E-state index contributed by atoms with van der Waals surface area (Å²) in [5.41, 5.74) is 1.01. The molecule has 0 aromatic heterocycles. The van der Waals surface area contributed by atoms with Crippen LogP contribution in [-0.2, 0) is 6.54 Å². The first-order valence-electron chi connectivity index (χ1n) is 5.91. The summed E-state index contributed by atoms with van der Waals surface area (Å²) >= 11 is 11.8. The predicted octanol–water partition coefficient (Wildman–Crippen LogP) is 2.56. The molecule has 0 fully saturated rings. The van der Waals surface area contributed by atoms with Crippen LogP contribution in [-0.4, -0.2) is 40.4 Å². The first-order chi connectivity index (χ1) is 8.38. The number of hydrogen-bond acceptors (Lipinski definition) is 3. The van der Waals surface area contributed by atoms with Crippen LogP contribution in [0.4, 0.5) is 0 Å². The molecule has 1 aromatic rings. The number of aliphatic hydroxyl groups is 2. The van der Waals surface area contributed by atoms with Gasteiger partial charge in [-0.05, 0) is 31.5 Å². The smallest absolute Gasteiger partial charge is 0.0639 e. The summed E-state index contributed by atoms with van der Waals surface area (Å²) in [5.74, 6) is 0. The van der Waals surface area contributed by atoms with Crippen molar-refractivity contribution in [1.82, 2.24) is 4.90 Å². The fourth-order valence-electron chi connectivity index (χ4n) is 1.85. The number of benzene rings is 1. The van der Waals surface area contributed by atoms with E-state index in [9.17, 15) is 10.2 Å². The molecular weight excluding hydrogens is 273 g/mol. The molecule has 0 bridgehead atoms. The molecule has 2 unspecified atom stereocenters. The molecule has 0 aliphatic carbocycles. The molecule has 0 amide bonds. The van der Waals surface area contributed by atoms with Crippen molar-refractivity contribution >= 4 is 23.2 Å². The van der Waals surface area contributed by atoms with Gasteiger partial charge < -0.3 is 10.2 Å². The van der Waals surface area contributed by atoms with Crippen LogP contribution in [0.3, 0.4) is 0 Å². The molecule has 5 heteroatoms. The molecule has 0 saturated heterocycles. The Labute approximate surface area is 118 Å². The van der Waals surface area contributed by atoms with Gasteiger partial charge in [0.2, 0.25) is 0 Å². The second-order valence-corrected chi connectivity index (χ2v) is 5.45. The lowest BCUT2D eigenvalue weighted by molar-refractivity contribution is 0.0794. The maximum atomic E-state index is 9.44. The van der Waals surface area contributed by atoms with E-state index in [1.165, 1.54) is 0 Å². The van der Waals surface area contributed by atoms with Crippen molar-refractivity contribution in [1.29, 1.82) is 0 Å². The van der Waals surface area contributed by atoms with Gasteiger partial charge in [0.25, 0.3) is 0 Å². The Balaban J connectivity index is 2.71. The number of hydrogen-bond donors (Lipinski definition) is 2. The van der Waals surface area contributed by atoms with Gasteiger partial charge in [0.15, 0.2) is 0 Å². The molecule has 0 heterocycles. The van der Waals surface area contributed by atoms with E-state index < -0.39 is 12.2 Å². The van der Waals surface area contributed by atoms with E-state index >= 15 is 0 Å². The lowest BCUT2D eigenvalue weighted by Gasteiger charge is -2.25. The first-order valence-corrected chi connectivity index (χ1v) is 6.66. The van der Waals surface area contributed by atoms with Gasteiger partial charge >= 0.3 is 0 Å². The third-order valence-electron chi connectivity index (χ3n) is 2.44. The largest absolute Gasteiger partial charge is 0.392 e. The average molecular weight is 292 g/mol. The van der Waals surface area contributed by atoms with Gasteiger partial charge in [-0.25, -0.2) is 0 Å². The fourth-order valence-corrected chi connectivity index (χ4v) is 2.17. The van der Waals surface area contributed by atoms with Gasteiger partial charge in [-0.2, -0.15) is 0 Å². The van der Waals surface area contributed by atoms with Crippen molar-refractivity contribution < 1.29 is 10.2 Å². The Morgan fingerprint density at radius 2 is 1.61 bits per heavy atom. The van der Waals surface area contributed by atoms with Crippen molar-refractivity contribution in [3.05, 3.63) is 33.8 Å². The van der Waals surface area contributed by atoms with Crippen LogP contribution in [0.5, 0.6) is 0 Å². The zero-order valence-corrected chi connectivity index (χ0v) is 12.1. The maximum Gasteiger partial charge on any atom is 0.0639 e. The topological polar surface area (TPSA) is 43.7 Å². The third kappa shape index (κ3) is 5.55. The monoisotopic (exact) mass is 291 g/mol. The highest BCUT2D eigenvalue weighted by molar-refractivity contribution is 6.42. The molecule has 18 heavy (non-hydrogen) atoms. The van der Waals surface area contributed by atoms with Crippen LogP contribution in [0, 0.1) is 0 Å². The van der Waals surface area contributed by atoms with Gasteiger partial charge in [-0.3, -0.25) is 4.90 Å². The minimum Gasteiger partial charge on any atom is -0.392 e. The molecule has 0 aliphatic heterocycles. The Morgan fingerprint density at radius 3 is 2.06 bits per heavy atom. The Bertz CT molecular complexity index is 373. The molecule has 0 radical (unpaired) electrons. The minimum atomic E-state index is -0.438. The highest BCUT2D eigenvalue weighted by atomic mass is 35.5. The predicted molar refractivity (Wildman–Crippen MR) is 75.1 cm³/mol. The number of rotatable bonds is 6. The highest BCUT2D eigenvalue weighted by Crippen LogP contribution is 2.23. The van der Waals surface area contributed by atoms with E-state index in [1.807, 2.05) is 11.0 Å². The second kappa shape index (κ2) is 7.31. The van der Waals surface area contributed by atoms with Crippen LogP contribution in [0.15, 0.2) is 18.2 Å². The van der Waals surface area contributed by atoms with Crippen molar-refractivity contribution in [2.75, 3.05) is 13.1 Å². The number of halogens is 2. The van der Waals surface area contributed by atoms with E-state index in [2.05, 4.69) is 0 Å². The molecule has 0 aliphatic rings. The van der Waals surface area contributed by atoms with Gasteiger partial charge in [0.1, 0.15) is 0 Å². The van der Waals surface area contributed by atoms with Crippen LogP contribution in [0.25, 0.3) is 0 Å². The summed E-state index contributed by atoms with van der Waals surface area (Å²) in [4.78, 5) is 1.98. The summed E-state index contributed by atoms with van der Waals surface area (Å²) < 4.78 is 0. The quantitative estimate of drug-likeness (QED) is 0.847. The molecule has 0 spiro atoms. The van der Waals surface area contributed by atoms with E-state index in [4.69, 9.17) is 23.2 Å². The van der Waals surface area contributed by atoms with Gasteiger partial charge in [0.05, 0.1) is 22.3 Å². The summed E-state index contributed by atoms with van der Waals surface area (Å²) in [6.45, 7) is 5.08. The SMILES string of the molecule is CC(O)CN(Cc1ccc(Cl)c(Cl)c1)CC(C)O. The van der Waals surface area contributed by atoms with Crippen molar-refractivity contribution in [2.45, 2.75) is 32.6 Å². The normalized spacial score (nSPS) is 14.8. The lowest BCUT2D eigenvalue weighted by Crippen LogP contribution is -2.35. The summed E-state index contributed by atoms with van der Waals surface area (Å²) in [5, 5.41) is 19.9. The van der Waals surface area contributed by atoms with E-state index in [0.29, 0.717) is 29.7 Å². The molecule has 2 atom stereocenters. The van der Waals surface area contributed by atoms with Gasteiger partial charge in [-0.1, -0.05) is 29.3 Å². The number of nitrogens with zero attached hydrogens (tertiary/aromatic N) is 1. The van der Waals surface area contributed by atoms with Gasteiger partial charge in [0, 0.05) is 19.6 Å². The van der Waals surface area contributed by atoms with Crippen molar-refractivity contribution in [3.8, 4) is 0 Å². The van der Waals surface area contributed by atoms with Gasteiger partial charge in [-0.15, -0.1) is 0 Å². The van der Waals surface area contributed by atoms with E-state index in [-0.39, 0.29) is 0 Å². The second-order valence-electron chi connectivity index (χ2n) is 4.64. The molecular formula is C13H19Cl2NO2. The van der Waals surface area contributed by atoms with E-state index in [0.717, 1.165) is 5.56 Å². The zero-order valence-electron chi connectivity index (χ0n) is 10.6. The maximum absolute atomic E-state index is 9.44. The molecule has 3 nitrogen and oxygen atoms in total. The van der Waals surface area contributed by atoms with Crippen LogP contribution in [0.2, 0.25) is 10.0 Å². The third-order valence-corrected chi connectivity index (χ3v) is 3.17. The fraction of sp³-hybridized carbons (Fsp3) is 0.538. The molecule has 1 rings (SSSR count). The van der Waals surface area contributed by atoms with Crippen molar-refractivity contribution in [2.24, 2.45) is 0 Å². The molecule has 1 aromatic carbocycles. The van der Waals surface area contributed by atoms with E-state index in [1.54, 1.807) is 26.0 Å². The summed E-state index contributed by atoms with van der Waals surface area (Å²) in [6, 6.07) is 5.45. The lowest BCUT2D eigenvalue weighted by atomic mass is 10.2. The Hall–Kier alpha value is -0.320. The van der Waals surface area contributed by atoms with Crippen LogP contribution >= 0.6 is 23.2 Å². The van der Waals surface area contributed by atoms with Crippen molar-refractivity contribution in [3.63, 3.8) is 0 Å². The highest BCUT2D eigenvalue weighted by Gasteiger charge is 2.12.